The van der Waals surface area contributed by atoms with Gasteiger partial charge in [-0.25, -0.2) is 4.39 Å². The van der Waals surface area contributed by atoms with E-state index in [1.165, 1.54) is 12.1 Å². The molecule has 1 heterocycles. The Hall–Kier alpha value is -1.98. The van der Waals surface area contributed by atoms with Gasteiger partial charge >= 0.3 is 0 Å². The van der Waals surface area contributed by atoms with E-state index >= 15 is 0 Å². The lowest BCUT2D eigenvalue weighted by molar-refractivity contribution is 0.478. The zero-order chi connectivity index (χ0) is 14.8. The van der Waals surface area contributed by atoms with Crippen molar-refractivity contribution in [3.8, 4) is 11.5 Å². The predicted molar refractivity (Wildman–Crippen MR) is 83.8 cm³/mol. The number of hydrogen-bond acceptors (Lipinski definition) is 3. The maximum absolute atomic E-state index is 13.4. The van der Waals surface area contributed by atoms with Crippen LogP contribution in [0.15, 0.2) is 53.0 Å². The third-order valence-corrected chi connectivity index (χ3v) is 3.71. The first-order valence-electron chi connectivity index (χ1n) is 6.39. The minimum atomic E-state index is -0.356. The first kappa shape index (κ1) is 14.0. The highest BCUT2D eigenvalue weighted by atomic mass is 79.9. The Balaban J connectivity index is 2.13. The molecule has 3 rings (SSSR count). The summed E-state index contributed by atoms with van der Waals surface area (Å²) in [5, 5.41) is 0.853. The highest BCUT2D eigenvalue weighted by Crippen LogP contribution is 2.34. The van der Waals surface area contributed by atoms with Crippen LogP contribution in [0.3, 0.4) is 0 Å². The quantitative estimate of drug-likeness (QED) is 0.765. The van der Waals surface area contributed by atoms with Gasteiger partial charge in [-0.2, -0.15) is 0 Å². The molecule has 0 bridgehead atoms. The lowest BCUT2D eigenvalue weighted by atomic mass is 10.2. The number of aromatic nitrogens is 1. The number of pyridine rings is 1. The Morgan fingerprint density at radius 1 is 1.10 bits per heavy atom. The van der Waals surface area contributed by atoms with E-state index in [1.54, 1.807) is 12.1 Å². The molecule has 3 aromatic rings. The van der Waals surface area contributed by atoms with Crippen LogP contribution in [0.25, 0.3) is 10.9 Å². The molecule has 2 aromatic carbocycles. The second-order valence-electron chi connectivity index (χ2n) is 4.51. The van der Waals surface area contributed by atoms with E-state index in [4.69, 9.17) is 10.5 Å². The van der Waals surface area contributed by atoms with Crippen molar-refractivity contribution in [2.45, 2.75) is 6.54 Å². The Kier molecular flexibility index (Phi) is 3.86. The van der Waals surface area contributed by atoms with Crippen molar-refractivity contribution in [1.29, 1.82) is 0 Å². The van der Waals surface area contributed by atoms with Gasteiger partial charge in [0.1, 0.15) is 17.3 Å². The Labute approximate surface area is 129 Å². The number of fused-ring (bicyclic) bond motifs is 1. The SMILES string of the molecule is NCc1cc(Oc2cc(F)ccc2Br)c2ccccc2n1. The highest BCUT2D eigenvalue weighted by molar-refractivity contribution is 9.10. The van der Waals surface area contributed by atoms with Gasteiger partial charge < -0.3 is 10.5 Å². The lowest BCUT2D eigenvalue weighted by Crippen LogP contribution is -2.01. The van der Waals surface area contributed by atoms with Crippen molar-refractivity contribution >= 4 is 26.8 Å². The summed E-state index contributed by atoms with van der Waals surface area (Å²) in [6.45, 7) is 0.311. The molecular weight excluding hydrogens is 335 g/mol. The van der Waals surface area contributed by atoms with Gasteiger partial charge in [-0.3, -0.25) is 4.98 Å². The van der Waals surface area contributed by atoms with E-state index in [0.29, 0.717) is 22.5 Å². The number of benzene rings is 2. The predicted octanol–water partition coefficient (Wildman–Crippen LogP) is 4.39. The van der Waals surface area contributed by atoms with E-state index in [9.17, 15) is 4.39 Å². The molecule has 5 heteroatoms. The number of hydrogen-bond donors (Lipinski definition) is 1. The third kappa shape index (κ3) is 2.89. The van der Waals surface area contributed by atoms with Crippen molar-refractivity contribution < 1.29 is 9.13 Å². The average molecular weight is 347 g/mol. The largest absolute Gasteiger partial charge is 0.455 e. The molecule has 3 nitrogen and oxygen atoms in total. The molecular formula is C16H12BrFN2O. The smallest absolute Gasteiger partial charge is 0.144 e. The minimum Gasteiger partial charge on any atom is -0.455 e. The zero-order valence-corrected chi connectivity index (χ0v) is 12.6. The van der Waals surface area contributed by atoms with Crippen molar-refractivity contribution in [2.75, 3.05) is 0 Å². The van der Waals surface area contributed by atoms with E-state index in [-0.39, 0.29) is 5.82 Å². The van der Waals surface area contributed by atoms with Crippen LogP contribution in [0.4, 0.5) is 4.39 Å². The number of nitrogens with two attached hydrogens (primary N) is 1. The van der Waals surface area contributed by atoms with Crippen molar-refractivity contribution in [3.05, 3.63) is 64.5 Å². The highest BCUT2D eigenvalue weighted by Gasteiger charge is 2.10. The molecule has 0 radical (unpaired) electrons. The van der Waals surface area contributed by atoms with Crippen LogP contribution < -0.4 is 10.5 Å². The molecule has 0 atom stereocenters. The van der Waals surface area contributed by atoms with Crippen LogP contribution in [0.2, 0.25) is 0 Å². The van der Waals surface area contributed by atoms with Crippen molar-refractivity contribution in [2.24, 2.45) is 5.73 Å². The second-order valence-corrected chi connectivity index (χ2v) is 5.36. The fourth-order valence-corrected chi connectivity index (χ4v) is 2.39. The monoisotopic (exact) mass is 346 g/mol. The Morgan fingerprint density at radius 3 is 2.71 bits per heavy atom. The van der Waals surface area contributed by atoms with E-state index < -0.39 is 0 Å². The van der Waals surface area contributed by atoms with Gasteiger partial charge in [0.2, 0.25) is 0 Å². The summed E-state index contributed by atoms with van der Waals surface area (Å²) in [5.74, 6) is 0.660. The average Bonchev–Trinajstić information content (AvgIpc) is 2.50. The van der Waals surface area contributed by atoms with Crippen molar-refractivity contribution in [3.63, 3.8) is 0 Å². The van der Waals surface area contributed by atoms with Gasteiger partial charge in [0.15, 0.2) is 0 Å². The third-order valence-electron chi connectivity index (χ3n) is 3.05. The fourth-order valence-electron chi connectivity index (χ4n) is 2.06. The molecule has 21 heavy (non-hydrogen) atoms. The second kappa shape index (κ2) is 5.79. The number of ether oxygens (including phenoxy) is 1. The van der Waals surface area contributed by atoms with E-state index in [2.05, 4.69) is 20.9 Å². The summed E-state index contributed by atoms with van der Waals surface area (Å²) in [7, 11) is 0. The maximum Gasteiger partial charge on any atom is 0.144 e. The van der Waals surface area contributed by atoms with E-state index in [0.717, 1.165) is 16.6 Å². The van der Waals surface area contributed by atoms with Crippen LogP contribution >= 0.6 is 15.9 Å². The standard InChI is InChI=1S/C16H12BrFN2O/c17-13-6-5-10(18)7-16(13)21-15-8-11(9-19)20-14-4-2-1-3-12(14)15/h1-8H,9,19H2. The molecule has 0 amide bonds. The molecule has 0 aliphatic carbocycles. The van der Waals surface area contributed by atoms with Gasteiger partial charge in [0.25, 0.3) is 0 Å². The Bertz CT molecular complexity index is 807. The van der Waals surface area contributed by atoms with Crippen LogP contribution in [0.5, 0.6) is 11.5 Å². The van der Waals surface area contributed by atoms with Crippen LogP contribution in [0, 0.1) is 5.82 Å². The van der Waals surface area contributed by atoms with Crippen LogP contribution in [-0.4, -0.2) is 4.98 Å². The van der Waals surface area contributed by atoms with Crippen molar-refractivity contribution in [1.82, 2.24) is 4.98 Å². The summed E-state index contributed by atoms with van der Waals surface area (Å²) in [6, 6.07) is 13.7. The number of halogens is 2. The Morgan fingerprint density at radius 2 is 1.90 bits per heavy atom. The molecule has 0 fully saturated rings. The van der Waals surface area contributed by atoms with Gasteiger partial charge in [0.05, 0.1) is 15.7 Å². The molecule has 0 aliphatic rings. The molecule has 0 saturated heterocycles. The number of rotatable bonds is 3. The molecule has 2 N–H and O–H groups in total. The van der Waals surface area contributed by atoms with Gasteiger partial charge in [-0.05, 0) is 40.2 Å². The molecule has 106 valence electrons. The number of nitrogens with zero attached hydrogens (tertiary/aromatic N) is 1. The fraction of sp³-hybridized carbons (Fsp3) is 0.0625. The summed E-state index contributed by atoms with van der Waals surface area (Å²) in [5.41, 5.74) is 7.18. The molecule has 0 spiro atoms. The van der Waals surface area contributed by atoms with Crippen LogP contribution in [-0.2, 0) is 6.54 Å². The zero-order valence-electron chi connectivity index (χ0n) is 11.0. The minimum absolute atomic E-state index is 0.311. The maximum atomic E-state index is 13.4. The molecule has 0 unspecified atom stereocenters. The van der Waals surface area contributed by atoms with Crippen LogP contribution in [0.1, 0.15) is 5.69 Å². The van der Waals surface area contributed by atoms with Gasteiger partial charge in [-0.15, -0.1) is 0 Å². The van der Waals surface area contributed by atoms with E-state index in [1.807, 2.05) is 24.3 Å². The van der Waals surface area contributed by atoms with Gasteiger partial charge in [-0.1, -0.05) is 12.1 Å². The summed E-state index contributed by atoms with van der Waals surface area (Å²) < 4.78 is 19.9. The normalized spacial score (nSPS) is 10.8. The first-order valence-corrected chi connectivity index (χ1v) is 7.18. The molecule has 0 aliphatic heterocycles. The topological polar surface area (TPSA) is 48.1 Å². The number of para-hydroxylation sites is 1. The lowest BCUT2D eigenvalue weighted by Gasteiger charge is -2.12. The summed E-state index contributed by atoms with van der Waals surface area (Å²) >= 11 is 3.36. The first-order chi connectivity index (χ1) is 10.2. The summed E-state index contributed by atoms with van der Waals surface area (Å²) in [4.78, 5) is 4.45. The van der Waals surface area contributed by atoms with Gasteiger partial charge in [0, 0.05) is 24.1 Å². The molecule has 0 saturated carbocycles. The summed E-state index contributed by atoms with van der Waals surface area (Å²) in [6.07, 6.45) is 0. The molecule has 1 aromatic heterocycles.